The first kappa shape index (κ1) is 11.7. The average molecular weight is 232 g/mol. The molecule has 17 heavy (non-hydrogen) atoms. The van der Waals surface area contributed by atoms with Crippen LogP contribution in [0.2, 0.25) is 0 Å². The Morgan fingerprint density at radius 1 is 1.41 bits per heavy atom. The lowest BCUT2D eigenvalue weighted by atomic mass is 10.0. The van der Waals surface area contributed by atoms with Gasteiger partial charge in [-0.2, -0.15) is 0 Å². The van der Waals surface area contributed by atoms with Crippen molar-refractivity contribution in [3.8, 4) is 0 Å². The van der Waals surface area contributed by atoms with Gasteiger partial charge in [0, 0.05) is 36.6 Å². The smallest absolute Gasteiger partial charge is 0.219 e. The second-order valence-electron chi connectivity index (χ2n) is 4.42. The normalized spacial score (nSPS) is 14.6. The Kier molecular flexibility index (Phi) is 2.67. The zero-order chi connectivity index (χ0) is 12.6. The summed E-state index contributed by atoms with van der Waals surface area (Å²) in [4.78, 5) is 11.1. The molecule has 0 aliphatic heterocycles. The van der Waals surface area contributed by atoms with Crippen molar-refractivity contribution in [3.63, 3.8) is 0 Å². The van der Waals surface area contributed by atoms with Crippen LogP contribution in [0.5, 0.6) is 0 Å². The second-order valence-corrected chi connectivity index (χ2v) is 4.42. The molecule has 0 fully saturated rings. The topological polar surface area (TPSA) is 54.3 Å². The fourth-order valence-electron chi connectivity index (χ4n) is 2.14. The van der Waals surface area contributed by atoms with Crippen LogP contribution in [0.1, 0.15) is 19.4 Å². The molecular weight excluding hydrogens is 216 g/mol. The van der Waals surface area contributed by atoms with E-state index in [4.69, 9.17) is 0 Å². The molecule has 90 valence electrons. The van der Waals surface area contributed by atoms with Gasteiger partial charge in [0.15, 0.2) is 5.72 Å². The maximum Gasteiger partial charge on any atom is 0.219 e. The minimum absolute atomic E-state index is 0.261. The maximum atomic E-state index is 11.1. The monoisotopic (exact) mass is 232 g/mol. The second kappa shape index (κ2) is 3.89. The third-order valence-electron chi connectivity index (χ3n) is 2.84. The SMILES string of the molecule is CC(=O)NC(C)(O)c1cn(C)c2ccccc12. The molecular formula is C13H16N2O2. The standard InChI is InChI=1S/C13H16N2O2/c1-9(16)14-13(2,17)11-8-15(3)12-7-5-4-6-10(11)12/h4-8,17H,1-3H3,(H,14,16). The molecule has 4 nitrogen and oxygen atoms in total. The number of carbonyl (C=O) groups excluding carboxylic acids is 1. The number of nitrogens with zero attached hydrogens (tertiary/aromatic N) is 1. The molecule has 2 rings (SSSR count). The van der Waals surface area contributed by atoms with E-state index < -0.39 is 5.72 Å². The van der Waals surface area contributed by atoms with Gasteiger partial charge in [-0.1, -0.05) is 18.2 Å². The van der Waals surface area contributed by atoms with Gasteiger partial charge in [-0.3, -0.25) is 4.79 Å². The molecule has 0 saturated carbocycles. The Hall–Kier alpha value is -1.81. The van der Waals surface area contributed by atoms with E-state index in [0.29, 0.717) is 5.56 Å². The maximum absolute atomic E-state index is 11.1. The number of carbonyl (C=O) groups is 1. The van der Waals surface area contributed by atoms with Crippen molar-refractivity contribution >= 4 is 16.8 Å². The molecule has 0 bridgehead atoms. The summed E-state index contributed by atoms with van der Waals surface area (Å²) in [6.45, 7) is 2.97. The number of hydrogen-bond donors (Lipinski definition) is 2. The van der Waals surface area contributed by atoms with Gasteiger partial charge in [-0.25, -0.2) is 0 Å². The van der Waals surface area contributed by atoms with E-state index in [1.807, 2.05) is 42.1 Å². The lowest BCUT2D eigenvalue weighted by Gasteiger charge is -2.23. The Morgan fingerprint density at radius 2 is 2.06 bits per heavy atom. The number of fused-ring (bicyclic) bond motifs is 1. The third kappa shape index (κ3) is 2.03. The molecule has 1 unspecified atom stereocenters. The van der Waals surface area contributed by atoms with Crippen LogP contribution in [0, 0.1) is 0 Å². The van der Waals surface area contributed by atoms with Crippen molar-refractivity contribution < 1.29 is 9.90 Å². The first-order valence-electron chi connectivity index (χ1n) is 5.47. The molecule has 0 aliphatic rings. The van der Waals surface area contributed by atoms with Crippen LogP contribution in [0.3, 0.4) is 0 Å². The van der Waals surface area contributed by atoms with Gasteiger partial charge < -0.3 is 15.0 Å². The van der Waals surface area contributed by atoms with Crippen LogP contribution in [0.4, 0.5) is 0 Å². The van der Waals surface area contributed by atoms with Crippen LogP contribution < -0.4 is 5.32 Å². The lowest BCUT2D eigenvalue weighted by molar-refractivity contribution is -0.126. The molecule has 1 aromatic heterocycles. The Morgan fingerprint density at radius 3 is 2.71 bits per heavy atom. The number of benzene rings is 1. The van der Waals surface area contributed by atoms with Gasteiger partial charge in [0.05, 0.1) is 0 Å². The molecule has 2 N–H and O–H groups in total. The van der Waals surface area contributed by atoms with Crippen molar-refractivity contribution in [2.75, 3.05) is 0 Å². The minimum atomic E-state index is -1.35. The number of rotatable bonds is 2. The summed E-state index contributed by atoms with van der Waals surface area (Å²) in [5, 5.41) is 13.8. The molecule has 0 aliphatic carbocycles. The highest BCUT2D eigenvalue weighted by atomic mass is 16.3. The van der Waals surface area contributed by atoms with E-state index in [2.05, 4.69) is 5.32 Å². The van der Waals surface area contributed by atoms with Gasteiger partial charge in [-0.05, 0) is 13.0 Å². The molecule has 4 heteroatoms. The summed E-state index contributed by atoms with van der Waals surface area (Å²) in [5.74, 6) is -0.261. The van der Waals surface area contributed by atoms with E-state index in [1.165, 1.54) is 6.92 Å². The lowest BCUT2D eigenvalue weighted by Crippen LogP contribution is -2.42. The van der Waals surface area contributed by atoms with Gasteiger partial charge in [0.2, 0.25) is 5.91 Å². The predicted molar refractivity (Wildman–Crippen MR) is 66.3 cm³/mol. The number of aromatic nitrogens is 1. The summed E-state index contributed by atoms with van der Waals surface area (Å²) in [6, 6.07) is 7.76. The van der Waals surface area contributed by atoms with Gasteiger partial charge >= 0.3 is 0 Å². The Balaban J connectivity index is 2.59. The van der Waals surface area contributed by atoms with E-state index in [-0.39, 0.29) is 5.91 Å². The summed E-state index contributed by atoms with van der Waals surface area (Å²) in [6.07, 6.45) is 1.83. The number of aryl methyl sites for hydroxylation is 1. The highest BCUT2D eigenvalue weighted by Gasteiger charge is 2.27. The molecule has 1 amide bonds. The first-order valence-corrected chi connectivity index (χ1v) is 5.47. The van der Waals surface area contributed by atoms with E-state index in [1.54, 1.807) is 6.92 Å². The molecule has 2 aromatic rings. The van der Waals surface area contributed by atoms with Crippen LogP contribution in [-0.4, -0.2) is 15.6 Å². The van der Waals surface area contributed by atoms with Crippen molar-refractivity contribution in [3.05, 3.63) is 36.0 Å². The number of aliphatic hydroxyl groups is 1. The molecule has 0 spiro atoms. The van der Waals surface area contributed by atoms with Gasteiger partial charge in [-0.15, -0.1) is 0 Å². The summed E-state index contributed by atoms with van der Waals surface area (Å²) < 4.78 is 1.93. The zero-order valence-corrected chi connectivity index (χ0v) is 10.2. The molecule has 1 aromatic carbocycles. The number of para-hydroxylation sites is 1. The van der Waals surface area contributed by atoms with Gasteiger partial charge in [0.1, 0.15) is 0 Å². The van der Waals surface area contributed by atoms with Crippen molar-refractivity contribution in [1.82, 2.24) is 9.88 Å². The van der Waals surface area contributed by atoms with E-state index in [9.17, 15) is 9.90 Å². The highest BCUT2D eigenvalue weighted by molar-refractivity contribution is 5.85. The summed E-state index contributed by atoms with van der Waals surface area (Å²) in [5.41, 5.74) is 0.367. The van der Waals surface area contributed by atoms with Crippen molar-refractivity contribution in [1.29, 1.82) is 0 Å². The molecule has 0 radical (unpaired) electrons. The largest absolute Gasteiger partial charge is 0.367 e. The number of amides is 1. The average Bonchev–Trinajstić information content (AvgIpc) is 2.56. The molecule has 1 atom stereocenters. The fourth-order valence-corrected chi connectivity index (χ4v) is 2.14. The summed E-state index contributed by atoms with van der Waals surface area (Å²) >= 11 is 0. The van der Waals surface area contributed by atoms with E-state index >= 15 is 0 Å². The van der Waals surface area contributed by atoms with Crippen LogP contribution in [-0.2, 0) is 17.6 Å². The first-order chi connectivity index (χ1) is 7.92. The van der Waals surface area contributed by atoms with E-state index in [0.717, 1.165) is 10.9 Å². The van der Waals surface area contributed by atoms with Gasteiger partial charge in [0.25, 0.3) is 0 Å². The summed E-state index contributed by atoms with van der Waals surface area (Å²) in [7, 11) is 1.91. The van der Waals surface area contributed by atoms with Crippen molar-refractivity contribution in [2.24, 2.45) is 7.05 Å². The predicted octanol–water partition coefficient (Wildman–Crippen LogP) is 1.48. The fraction of sp³-hybridized carbons (Fsp3) is 0.308. The Labute approximate surface area is 99.9 Å². The minimum Gasteiger partial charge on any atom is -0.367 e. The van der Waals surface area contributed by atoms with Crippen LogP contribution in [0.25, 0.3) is 10.9 Å². The number of nitrogens with one attached hydrogen (secondary N) is 1. The highest BCUT2D eigenvalue weighted by Crippen LogP contribution is 2.28. The quantitative estimate of drug-likeness (QED) is 0.771. The molecule has 0 saturated heterocycles. The third-order valence-corrected chi connectivity index (χ3v) is 2.84. The van der Waals surface area contributed by atoms with Crippen LogP contribution >= 0.6 is 0 Å². The zero-order valence-electron chi connectivity index (χ0n) is 10.2. The van der Waals surface area contributed by atoms with Crippen LogP contribution in [0.15, 0.2) is 30.5 Å². The molecule has 1 heterocycles. The Bertz CT molecular complexity index is 570. The van der Waals surface area contributed by atoms with Crippen molar-refractivity contribution in [2.45, 2.75) is 19.6 Å². The number of hydrogen-bond acceptors (Lipinski definition) is 2.